The van der Waals surface area contributed by atoms with Gasteiger partial charge in [-0.1, -0.05) is 116 Å². The van der Waals surface area contributed by atoms with Crippen LogP contribution >= 0.6 is 11.8 Å². The summed E-state index contributed by atoms with van der Waals surface area (Å²) >= 11 is 1.98. The van der Waals surface area contributed by atoms with E-state index in [0.717, 1.165) is 6.54 Å². The van der Waals surface area contributed by atoms with Gasteiger partial charge in [0.2, 0.25) is 0 Å². The molecule has 0 unspecified atom stereocenters. The number of unbranched alkanes of at least 4 members (excludes halogenated alkanes) is 17. The minimum atomic E-state index is 1.07. The average molecular weight is 368 g/mol. The predicted octanol–water partition coefficient (Wildman–Crippen LogP) is 8.56. The molecule has 0 aromatic heterocycles. The van der Waals surface area contributed by atoms with E-state index in [-0.39, 0.29) is 0 Å². The minimum absolute atomic E-state index is 1.07. The largest absolute Gasteiger partial charge is 0.282 e. The zero-order valence-electron chi connectivity index (χ0n) is 17.2. The number of thioether (sulfide) groups is 1. The van der Waals surface area contributed by atoms with Gasteiger partial charge < -0.3 is 0 Å². The third-order valence-electron chi connectivity index (χ3n) is 5.39. The van der Waals surface area contributed by atoms with Crippen LogP contribution in [-0.4, -0.2) is 17.3 Å². The van der Waals surface area contributed by atoms with Crippen LogP contribution in [0.5, 0.6) is 0 Å². The molecule has 0 saturated heterocycles. The molecular weight excluding hydrogens is 322 g/mol. The average Bonchev–Trinajstić information content (AvgIpc) is 3.14. The summed E-state index contributed by atoms with van der Waals surface area (Å²) in [5.74, 6) is 1.23. The van der Waals surface area contributed by atoms with Crippen LogP contribution in [-0.2, 0) is 0 Å². The second-order valence-corrected chi connectivity index (χ2v) is 9.05. The van der Waals surface area contributed by atoms with Crippen LogP contribution in [0, 0.1) is 0 Å². The van der Waals surface area contributed by atoms with Gasteiger partial charge in [0.05, 0.1) is 5.04 Å². The van der Waals surface area contributed by atoms with Crippen molar-refractivity contribution < 1.29 is 0 Å². The van der Waals surface area contributed by atoms with E-state index >= 15 is 0 Å². The lowest BCUT2D eigenvalue weighted by atomic mass is 10.0. The molecule has 2 heteroatoms. The highest BCUT2D eigenvalue weighted by Crippen LogP contribution is 2.18. The highest BCUT2D eigenvalue weighted by molar-refractivity contribution is 8.14. The molecule has 0 radical (unpaired) electrons. The summed E-state index contributed by atoms with van der Waals surface area (Å²) in [6.07, 6.45) is 27.5. The molecule has 1 nitrogen and oxygen atoms in total. The van der Waals surface area contributed by atoms with Gasteiger partial charge in [0.15, 0.2) is 0 Å². The first kappa shape index (κ1) is 23.1. The summed E-state index contributed by atoms with van der Waals surface area (Å²) in [7, 11) is 0. The summed E-state index contributed by atoms with van der Waals surface area (Å²) < 4.78 is 0. The number of hydrogen-bond donors (Lipinski definition) is 0. The van der Waals surface area contributed by atoms with Crippen LogP contribution in [0.25, 0.3) is 0 Å². The molecule has 0 aliphatic carbocycles. The lowest BCUT2D eigenvalue weighted by Gasteiger charge is -2.04. The van der Waals surface area contributed by atoms with Crippen LogP contribution in [0.2, 0.25) is 0 Å². The Morgan fingerprint density at radius 3 is 1.36 bits per heavy atom. The van der Waals surface area contributed by atoms with Gasteiger partial charge in [-0.05, 0) is 12.8 Å². The first-order chi connectivity index (χ1) is 12.4. The van der Waals surface area contributed by atoms with Crippen molar-refractivity contribution in [2.45, 2.75) is 129 Å². The zero-order valence-corrected chi connectivity index (χ0v) is 18.0. The van der Waals surface area contributed by atoms with Crippen LogP contribution in [0.1, 0.15) is 129 Å². The Morgan fingerprint density at radius 2 is 1.00 bits per heavy atom. The van der Waals surface area contributed by atoms with Crippen LogP contribution in [0.15, 0.2) is 4.99 Å². The van der Waals surface area contributed by atoms with Gasteiger partial charge in [-0.2, -0.15) is 0 Å². The standard InChI is InChI=1S/C23H45NS/c1-2-3-4-5-6-7-8-9-10-11-12-13-14-15-16-17-18-19-20-23-24-21-22-25-23/h2-22H2,1H3. The monoisotopic (exact) mass is 367 g/mol. The molecule has 0 N–H and O–H groups in total. The molecule has 0 fully saturated rings. The van der Waals surface area contributed by atoms with E-state index in [1.165, 1.54) is 133 Å². The van der Waals surface area contributed by atoms with E-state index in [9.17, 15) is 0 Å². The molecule has 1 aliphatic rings. The highest BCUT2D eigenvalue weighted by atomic mass is 32.2. The van der Waals surface area contributed by atoms with Crippen molar-refractivity contribution >= 4 is 16.8 Å². The fourth-order valence-electron chi connectivity index (χ4n) is 3.71. The fourth-order valence-corrected chi connectivity index (χ4v) is 4.60. The molecule has 25 heavy (non-hydrogen) atoms. The molecule has 0 atom stereocenters. The Morgan fingerprint density at radius 1 is 0.600 bits per heavy atom. The smallest absolute Gasteiger partial charge is 0.0676 e. The van der Waals surface area contributed by atoms with Gasteiger partial charge in [0.1, 0.15) is 0 Å². The van der Waals surface area contributed by atoms with E-state index in [2.05, 4.69) is 11.9 Å². The third kappa shape index (κ3) is 16.0. The lowest BCUT2D eigenvalue weighted by Crippen LogP contribution is -1.88. The first-order valence-electron chi connectivity index (χ1n) is 11.6. The van der Waals surface area contributed by atoms with Crippen molar-refractivity contribution in [2.24, 2.45) is 4.99 Å². The van der Waals surface area contributed by atoms with Gasteiger partial charge in [0.25, 0.3) is 0 Å². The zero-order chi connectivity index (χ0) is 17.8. The van der Waals surface area contributed by atoms with E-state index < -0.39 is 0 Å². The molecule has 1 heterocycles. The van der Waals surface area contributed by atoms with Crippen LogP contribution in [0.3, 0.4) is 0 Å². The third-order valence-corrected chi connectivity index (χ3v) is 6.45. The number of hydrogen-bond acceptors (Lipinski definition) is 2. The normalized spacial score (nSPS) is 14.2. The minimum Gasteiger partial charge on any atom is -0.282 e. The highest BCUT2D eigenvalue weighted by Gasteiger charge is 2.05. The van der Waals surface area contributed by atoms with Crippen molar-refractivity contribution in [1.29, 1.82) is 0 Å². The molecule has 0 aromatic rings. The maximum absolute atomic E-state index is 4.53. The van der Waals surface area contributed by atoms with Gasteiger partial charge in [-0.25, -0.2) is 0 Å². The molecule has 0 amide bonds. The second kappa shape index (κ2) is 18.8. The number of rotatable bonds is 19. The summed E-state index contributed by atoms with van der Waals surface area (Å²) in [5, 5.41) is 1.43. The quantitative estimate of drug-likeness (QED) is 0.208. The summed E-state index contributed by atoms with van der Waals surface area (Å²) in [5.41, 5.74) is 0. The van der Waals surface area contributed by atoms with Gasteiger partial charge in [-0.3, -0.25) is 4.99 Å². The first-order valence-corrected chi connectivity index (χ1v) is 12.6. The molecule has 1 aliphatic heterocycles. The molecule has 0 bridgehead atoms. The van der Waals surface area contributed by atoms with Crippen LogP contribution < -0.4 is 0 Å². The van der Waals surface area contributed by atoms with Gasteiger partial charge in [-0.15, -0.1) is 11.8 Å². The van der Waals surface area contributed by atoms with Crippen molar-refractivity contribution in [3.8, 4) is 0 Å². The van der Waals surface area contributed by atoms with Crippen molar-refractivity contribution in [1.82, 2.24) is 0 Å². The summed E-state index contributed by atoms with van der Waals surface area (Å²) in [4.78, 5) is 4.53. The van der Waals surface area contributed by atoms with E-state index in [0.29, 0.717) is 0 Å². The van der Waals surface area contributed by atoms with Crippen molar-refractivity contribution in [2.75, 3.05) is 12.3 Å². The SMILES string of the molecule is CCCCCCCCCCCCCCCCCCCCC1=NCCS1. The van der Waals surface area contributed by atoms with Gasteiger partial charge >= 0.3 is 0 Å². The summed E-state index contributed by atoms with van der Waals surface area (Å²) in [6.45, 7) is 3.37. The predicted molar refractivity (Wildman–Crippen MR) is 118 cm³/mol. The van der Waals surface area contributed by atoms with Crippen molar-refractivity contribution in [3.05, 3.63) is 0 Å². The van der Waals surface area contributed by atoms with Crippen LogP contribution in [0.4, 0.5) is 0 Å². The maximum atomic E-state index is 4.53. The second-order valence-electron chi connectivity index (χ2n) is 7.88. The summed E-state index contributed by atoms with van der Waals surface area (Å²) in [6, 6.07) is 0. The van der Waals surface area contributed by atoms with Crippen molar-refractivity contribution in [3.63, 3.8) is 0 Å². The molecule has 0 aromatic carbocycles. The van der Waals surface area contributed by atoms with Gasteiger partial charge in [0, 0.05) is 12.3 Å². The lowest BCUT2D eigenvalue weighted by molar-refractivity contribution is 0.526. The Hall–Kier alpha value is 0.0200. The van der Waals surface area contributed by atoms with E-state index in [1.54, 1.807) is 0 Å². The molecule has 148 valence electrons. The Kier molecular flexibility index (Phi) is 17.3. The molecule has 0 saturated carbocycles. The molecule has 0 spiro atoms. The maximum Gasteiger partial charge on any atom is 0.0676 e. The Labute approximate surface area is 163 Å². The molecular formula is C23H45NS. The topological polar surface area (TPSA) is 12.4 Å². The Balaban J connectivity index is 1.64. The Bertz CT molecular complexity index is 300. The van der Waals surface area contributed by atoms with E-state index in [4.69, 9.17) is 0 Å². The molecule has 1 rings (SSSR count). The number of aliphatic imine (C=N–C) groups is 1. The fraction of sp³-hybridized carbons (Fsp3) is 0.957. The van der Waals surface area contributed by atoms with E-state index in [1.807, 2.05) is 11.8 Å². The number of nitrogens with zero attached hydrogens (tertiary/aromatic N) is 1.